The Morgan fingerprint density at radius 1 is 1.12 bits per heavy atom. The fourth-order valence-corrected chi connectivity index (χ4v) is 3.61. The Morgan fingerprint density at radius 3 is 2.21 bits per heavy atom. The van der Waals surface area contributed by atoms with E-state index >= 15 is 0 Å². The molecule has 0 saturated carbocycles. The number of benzene rings is 1. The van der Waals surface area contributed by atoms with E-state index in [2.05, 4.69) is 0 Å². The van der Waals surface area contributed by atoms with Crippen LogP contribution in [0.1, 0.15) is 25.5 Å². The van der Waals surface area contributed by atoms with Crippen LogP contribution in [0.4, 0.5) is 4.39 Å². The first-order valence-electron chi connectivity index (χ1n) is 7.26. The molecular weight excluding hydrogens is 311 g/mol. The lowest BCUT2D eigenvalue weighted by molar-refractivity contribution is -0.338. The van der Waals surface area contributed by atoms with Crippen LogP contribution in [0.2, 0.25) is 0 Å². The van der Waals surface area contributed by atoms with Crippen molar-refractivity contribution in [2.75, 3.05) is 0 Å². The van der Waals surface area contributed by atoms with E-state index in [0.717, 1.165) is 0 Å². The Morgan fingerprint density at radius 2 is 1.71 bits per heavy atom. The van der Waals surface area contributed by atoms with Gasteiger partial charge < -0.3 is 9.47 Å². The van der Waals surface area contributed by atoms with Gasteiger partial charge in [0.25, 0.3) is 0 Å². The summed E-state index contributed by atoms with van der Waals surface area (Å²) in [5.41, 5.74) is -3.37. The zero-order valence-corrected chi connectivity index (χ0v) is 13.0. The molecule has 0 unspecified atom stereocenters. The first-order chi connectivity index (χ1) is 11.3. The molecule has 0 aromatic heterocycles. The minimum Gasteiger partial charge on any atom is -0.448 e. The maximum absolute atomic E-state index is 13.2. The van der Waals surface area contributed by atoms with Gasteiger partial charge in [-0.15, -0.1) is 0 Å². The number of nitrogens with zero attached hydrogens (tertiary/aromatic N) is 3. The number of ether oxygens (including phenoxy) is 2. The summed E-state index contributed by atoms with van der Waals surface area (Å²) in [7, 11) is 0. The highest BCUT2D eigenvalue weighted by Crippen LogP contribution is 2.66. The Bertz CT molecular complexity index is 833. The zero-order chi connectivity index (χ0) is 17.8. The van der Waals surface area contributed by atoms with Crippen molar-refractivity contribution in [2.45, 2.75) is 25.7 Å². The van der Waals surface area contributed by atoms with Crippen LogP contribution in [-0.2, 0) is 9.47 Å². The monoisotopic (exact) mass is 324 g/mol. The molecule has 0 radical (unpaired) electrons. The molecule has 7 heteroatoms. The second-order valence-electron chi connectivity index (χ2n) is 6.17. The third kappa shape index (κ3) is 1.56. The van der Waals surface area contributed by atoms with Crippen molar-refractivity contribution in [2.24, 2.45) is 16.7 Å². The SMILES string of the molecule is C[C@H]1C(C#N)(C#N)[C@@]2(C#N)C(=N)O[C@@]1(C)O[C@@H]2c1ccc(F)cc1. The van der Waals surface area contributed by atoms with Gasteiger partial charge in [-0.25, -0.2) is 4.39 Å². The Labute approximate surface area is 138 Å². The molecule has 1 aromatic carbocycles. The lowest BCUT2D eigenvalue weighted by Gasteiger charge is -2.60. The molecule has 3 saturated heterocycles. The second kappa shape index (κ2) is 4.77. The molecule has 24 heavy (non-hydrogen) atoms. The van der Waals surface area contributed by atoms with Gasteiger partial charge in [0.2, 0.25) is 11.7 Å². The summed E-state index contributed by atoms with van der Waals surface area (Å²) in [5.74, 6) is -3.14. The zero-order valence-electron chi connectivity index (χ0n) is 13.0. The quantitative estimate of drug-likeness (QED) is 0.853. The molecular formula is C17H13FN4O2. The van der Waals surface area contributed by atoms with Gasteiger partial charge in [0, 0.05) is 6.92 Å². The van der Waals surface area contributed by atoms with Crippen LogP contribution in [0.25, 0.3) is 0 Å². The average Bonchev–Trinajstić information content (AvgIpc) is 2.57. The van der Waals surface area contributed by atoms with Crippen molar-refractivity contribution >= 4 is 5.90 Å². The van der Waals surface area contributed by atoms with E-state index < -0.39 is 40.4 Å². The highest BCUT2D eigenvalue weighted by Gasteiger charge is 2.77. The number of hydrogen-bond acceptors (Lipinski definition) is 6. The van der Waals surface area contributed by atoms with E-state index in [1.807, 2.05) is 18.2 Å². The van der Waals surface area contributed by atoms with Crippen molar-refractivity contribution in [3.63, 3.8) is 0 Å². The highest BCUT2D eigenvalue weighted by atomic mass is 19.1. The Hall–Kier alpha value is -2.95. The molecule has 3 aliphatic heterocycles. The van der Waals surface area contributed by atoms with E-state index in [4.69, 9.17) is 14.9 Å². The van der Waals surface area contributed by atoms with Crippen LogP contribution < -0.4 is 0 Å². The van der Waals surface area contributed by atoms with Crippen LogP contribution in [0.5, 0.6) is 0 Å². The third-order valence-corrected chi connectivity index (χ3v) is 5.17. The van der Waals surface area contributed by atoms with Crippen molar-refractivity contribution in [1.82, 2.24) is 0 Å². The predicted octanol–water partition coefficient (Wildman–Crippen LogP) is 2.80. The van der Waals surface area contributed by atoms with E-state index in [9.17, 15) is 20.2 Å². The Balaban J connectivity index is 2.32. The van der Waals surface area contributed by atoms with Crippen LogP contribution >= 0.6 is 0 Å². The number of rotatable bonds is 1. The summed E-state index contributed by atoms with van der Waals surface area (Å²) in [5, 5.41) is 37.7. The minimum absolute atomic E-state index is 0.402. The van der Waals surface area contributed by atoms with Gasteiger partial charge in [0.15, 0.2) is 10.8 Å². The smallest absolute Gasteiger partial charge is 0.215 e. The molecule has 6 nitrogen and oxygen atoms in total. The summed E-state index contributed by atoms with van der Waals surface area (Å²) >= 11 is 0. The number of nitriles is 3. The van der Waals surface area contributed by atoms with Crippen LogP contribution in [0.15, 0.2) is 24.3 Å². The van der Waals surface area contributed by atoms with E-state index in [1.165, 1.54) is 31.2 Å². The average molecular weight is 324 g/mol. The van der Waals surface area contributed by atoms with Crippen molar-refractivity contribution < 1.29 is 13.9 Å². The predicted molar refractivity (Wildman–Crippen MR) is 78.3 cm³/mol. The topological polar surface area (TPSA) is 114 Å². The van der Waals surface area contributed by atoms with Crippen molar-refractivity contribution in [3.8, 4) is 18.2 Å². The van der Waals surface area contributed by atoms with Crippen LogP contribution in [0.3, 0.4) is 0 Å². The first kappa shape index (κ1) is 15.9. The van der Waals surface area contributed by atoms with Gasteiger partial charge in [0.1, 0.15) is 11.9 Å². The van der Waals surface area contributed by atoms with Gasteiger partial charge in [-0.2, -0.15) is 15.8 Å². The summed E-state index contributed by atoms with van der Waals surface area (Å²) in [6.07, 6.45) is -1.09. The number of fused-ring (bicyclic) bond motifs is 3. The van der Waals surface area contributed by atoms with E-state index in [0.29, 0.717) is 5.56 Å². The second-order valence-corrected chi connectivity index (χ2v) is 6.17. The molecule has 1 N–H and O–H groups in total. The molecule has 3 fully saturated rings. The Kier molecular flexibility index (Phi) is 3.17. The number of hydrogen-bond donors (Lipinski definition) is 1. The number of halogens is 1. The van der Waals surface area contributed by atoms with Gasteiger partial charge in [0.05, 0.1) is 24.1 Å². The molecule has 2 bridgehead atoms. The van der Waals surface area contributed by atoms with Gasteiger partial charge in [-0.3, -0.25) is 5.41 Å². The fourth-order valence-electron chi connectivity index (χ4n) is 3.61. The maximum Gasteiger partial charge on any atom is 0.215 e. The molecule has 3 heterocycles. The molecule has 0 spiro atoms. The van der Waals surface area contributed by atoms with Crippen molar-refractivity contribution in [1.29, 1.82) is 21.2 Å². The molecule has 4 atom stereocenters. The summed E-state index contributed by atoms with van der Waals surface area (Å²) in [4.78, 5) is 0. The standard InChI is InChI=1S/C17H13FN4O2/c1-10-15(2)23-13(11-3-5-12(18)6-4-11)17(9-21,14(22)24-15)16(10,7-19)8-20/h3-6,10,13,22H,1-2H3/t10-,13-,15-,17-/m1/s1. The normalized spacial score (nSPS) is 36.1. The summed E-state index contributed by atoms with van der Waals surface area (Å²) in [6, 6.07) is 11.1. The van der Waals surface area contributed by atoms with Crippen LogP contribution in [-0.4, -0.2) is 11.7 Å². The highest BCUT2D eigenvalue weighted by molar-refractivity contribution is 5.88. The third-order valence-electron chi connectivity index (χ3n) is 5.17. The van der Waals surface area contributed by atoms with Crippen LogP contribution in [0, 0.1) is 62.0 Å². The first-order valence-corrected chi connectivity index (χ1v) is 7.26. The fraction of sp³-hybridized carbons (Fsp3) is 0.412. The minimum atomic E-state index is -1.94. The largest absolute Gasteiger partial charge is 0.448 e. The van der Waals surface area contributed by atoms with E-state index in [1.54, 1.807) is 6.92 Å². The van der Waals surface area contributed by atoms with E-state index in [-0.39, 0.29) is 0 Å². The maximum atomic E-state index is 13.2. The molecule has 4 rings (SSSR count). The summed E-state index contributed by atoms with van der Waals surface area (Å²) < 4.78 is 24.6. The van der Waals surface area contributed by atoms with Crippen molar-refractivity contribution in [3.05, 3.63) is 35.6 Å². The van der Waals surface area contributed by atoms with Gasteiger partial charge >= 0.3 is 0 Å². The lowest BCUT2D eigenvalue weighted by atomic mass is 9.51. The summed E-state index contributed by atoms with van der Waals surface area (Å²) in [6.45, 7) is 3.12. The van der Waals surface area contributed by atoms with Gasteiger partial charge in [-0.1, -0.05) is 19.1 Å². The molecule has 1 aromatic rings. The molecule has 120 valence electrons. The molecule has 0 aliphatic carbocycles. The van der Waals surface area contributed by atoms with Gasteiger partial charge in [-0.05, 0) is 17.7 Å². The molecule has 0 amide bonds. The lowest BCUT2D eigenvalue weighted by Crippen LogP contribution is -2.71. The number of nitrogens with one attached hydrogen (secondary N) is 1. The molecule has 3 aliphatic rings.